The number of benzene rings is 2. The summed E-state index contributed by atoms with van der Waals surface area (Å²) < 4.78 is 0. The van der Waals surface area contributed by atoms with Gasteiger partial charge in [-0.25, -0.2) is 0 Å². The van der Waals surface area contributed by atoms with Gasteiger partial charge in [-0.2, -0.15) is 0 Å². The molecule has 4 nitrogen and oxygen atoms in total. The summed E-state index contributed by atoms with van der Waals surface area (Å²) in [4.78, 5) is 0. The average Bonchev–Trinajstić information content (AvgIpc) is 2.89. The van der Waals surface area contributed by atoms with Crippen LogP contribution in [0.25, 0.3) is 0 Å². The predicted molar refractivity (Wildman–Crippen MR) is 96.1 cm³/mol. The van der Waals surface area contributed by atoms with E-state index < -0.39 is 16.7 Å². The maximum absolute atomic E-state index is 11.2. The lowest BCUT2D eigenvalue weighted by atomic mass is 9.74. The van der Waals surface area contributed by atoms with Gasteiger partial charge < -0.3 is 20.8 Å². The molecule has 0 amide bonds. The molecule has 2 heterocycles. The third-order valence-electron chi connectivity index (χ3n) is 6.03. The van der Waals surface area contributed by atoms with Gasteiger partial charge in [-0.05, 0) is 39.3 Å². The van der Waals surface area contributed by atoms with Gasteiger partial charge in [0.25, 0.3) is 0 Å². The highest BCUT2D eigenvalue weighted by Crippen LogP contribution is 2.50. The van der Waals surface area contributed by atoms with E-state index in [1.807, 2.05) is 69.3 Å². The molecule has 0 radical (unpaired) electrons. The summed E-state index contributed by atoms with van der Waals surface area (Å²) in [5, 5.41) is 29.3. The first kappa shape index (κ1) is 15.5. The zero-order chi connectivity index (χ0) is 17.2. The minimum absolute atomic E-state index is 0.187. The molecule has 0 spiro atoms. The molecule has 0 saturated heterocycles. The van der Waals surface area contributed by atoms with Crippen molar-refractivity contribution in [2.24, 2.45) is 0 Å². The van der Waals surface area contributed by atoms with Crippen molar-refractivity contribution in [3.05, 3.63) is 59.7 Å². The molecule has 2 aromatic rings. The normalized spacial score (nSPS) is 36.6. The van der Waals surface area contributed by atoms with Crippen LogP contribution in [0.4, 0.5) is 11.4 Å². The Hall–Kier alpha value is -2.04. The van der Waals surface area contributed by atoms with Crippen molar-refractivity contribution < 1.29 is 10.2 Å². The van der Waals surface area contributed by atoms with Crippen molar-refractivity contribution in [2.75, 3.05) is 10.6 Å². The van der Waals surface area contributed by atoms with E-state index in [2.05, 4.69) is 10.6 Å². The largest absolute Gasteiger partial charge is 0.383 e. The lowest BCUT2D eigenvalue weighted by molar-refractivity contribution is -0.0217. The number of fused-ring (bicyclic) bond motifs is 2. The van der Waals surface area contributed by atoms with Crippen LogP contribution in [-0.2, 0) is 11.2 Å². The van der Waals surface area contributed by atoms with E-state index in [0.29, 0.717) is 6.42 Å². The lowest BCUT2D eigenvalue weighted by Crippen LogP contribution is -2.53. The zero-order valence-electron chi connectivity index (χ0n) is 14.3. The molecule has 0 aromatic heterocycles. The SMILES string of the molecule is CC1(O)c2ccccc2NC1CC1(C)Nc2ccccc2C1(C)O. The molecule has 4 rings (SSSR count). The van der Waals surface area contributed by atoms with Crippen LogP contribution in [0.5, 0.6) is 0 Å². The van der Waals surface area contributed by atoms with E-state index >= 15 is 0 Å². The monoisotopic (exact) mass is 324 g/mol. The van der Waals surface area contributed by atoms with Crippen molar-refractivity contribution in [1.82, 2.24) is 0 Å². The van der Waals surface area contributed by atoms with E-state index in [9.17, 15) is 10.2 Å². The first-order chi connectivity index (χ1) is 11.3. The Balaban J connectivity index is 1.68. The van der Waals surface area contributed by atoms with Crippen molar-refractivity contribution >= 4 is 11.4 Å². The number of rotatable bonds is 2. The van der Waals surface area contributed by atoms with Gasteiger partial charge in [0.1, 0.15) is 11.2 Å². The molecular weight excluding hydrogens is 300 g/mol. The molecule has 0 saturated carbocycles. The smallest absolute Gasteiger partial charge is 0.111 e. The number of anilines is 2. The maximum Gasteiger partial charge on any atom is 0.111 e. The molecule has 24 heavy (non-hydrogen) atoms. The van der Waals surface area contributed by atoms with Crippen molar-refractivity contribution in [2.45, 2.75) is 50.0 Å². The minimum Gasteiger partial charge on any atom is -0.383 e. The Kier molecular flexibility index (Phi) is 3.06. The Labute approximate surface area is 142 Å². The summed E-state index contributed by atoms with van der Waals surface area (Å²) in [5.41, 5.74) is 1.16. The number of aliphatic hydroxyl groups is 2. The topological polar surface area (TPSA) is 64.5 Å². The molecule has 2 aromatic carbocycles. The molecule has 4 heteroatoms. The number of hydrogen-bond donors (Lipinski definition) is 4. The molecule has 4 unspecified atom stereocenters. The van der Waals surface area contributed by atoms with Crippen molar-refractivity contribution in [1.29, 1.82) is 0 Å². The highest BCUT2D eigenvalue weighted by Gasteiger charge is 2.54. The van der Waals surface area contributed by atoms with E-state index in [-0.39, 0.29) is 6.04 Å². The fourth-order valence-corrected chi connectivity index (χ4v) is 4.21. The Bertz CT molecular complexity index is 800. The first-order valence-corrected chi connectivity index (χ1v) is 8.44. The van der Waals surface area contributed by atoms with Gasteiger partial charge in [-0.3, -0.25) is 0 Å². The molecule has 0 bridgehead atoms. The van der Waals surface area contributed by atoms with E-state index in [0.717, 1.165) is 22.5 Å². The third kappa shape index (κ3) is 1.93. The summed E-state index contributed by atoms with van der Waals surface area (Å²) in [5.74, 6) is 0. The molecule has 4 N–H and O–H groups in total. The predicted octanol–water partition coefficient (Wildman–Crippen LogP) is 3.17. The lowest BCUT2D eigenvalue weighted by Gasteiger charge is -2.41. The molecule has 2 aliphatic heterocycles. The molecule has 0 fully saturated rings. The molecule has 4 atom stereocenters. The van der Waals surface area contributed by atoms with Gasteiger partial charge in [-0.1, -0.05) is 36.4 Å². The van der Waals surface area contributed by atoms with Crippen molar-refractivity contribution in [3.8, 4) is 0 Å². The van der Waals surface area contributed by atoms with Gasteiger partial charge >= 0.3 is 0 Å². The van der Waals surface area contributed by atoms with Gasteiger partial charge in [-0.15, -0.1) is 0 Å². The number of para-hydroxylation sites is 2. The van der Waals surface area contributed by atoms with Crippen LogP contribution in [0.1, 0.15) is 38.3 Å². The van der Waals surface area contributed by atoms with E-state index in [1.54, 1.807) is 0 Å². The third-order valence-corrected chi connectivity index (χ3v) is 6.03. The van der Waals surface area contributed by atoms with Crippen LogP contribution in [0.3, 0.4) is 0 Å². The fourth-order valence-electron chi connectivity index (χ4n) is 4.21. The second-order valence-electron chi connectivity index (χ2n) is 7.67. The molecule has 126 valence electrons. The van der Waals surface area contributed by atoms with Crippen LogP contribution in [0, 0.1) is 0 Å². The Morgan fingerprint density at radius 2 is 1.46 bits per heavy atom. The Morgan fingerprint density at radius 1 is 0.875 bits per heavy atom. The van der Waals surface area contributed by atoms with Crippen LogP contribution in [0.15, 0.2) is 48.5 Å². The first-order valence-electron chi connectivity index (χ1n) is 8.44. The van der Waals surface area contributed by atoms with Gasteiger partial charge in [0, 0.05) is 22.5 Å². The standard InChI is InChI=1S/C20H24N2O2/c1-18(20(3,24)14-9-5-7-11-16(14)22-18)12-17-19(2,23)13-8-4-6-10-15(13)21-17/h4-11,17,21-24H,12H2,1-3H3. The summed E-state index contributed by atoms with van der Waals surface area (Å²) in [6.07, 6.45) is 0.580. The zero-order valence-corrected chi connectivity index (χ0v) is 14.3. The van der Waals surface area contributed by atoms with Crippen LogP contribution >= 0.6 is 0 Å². The number of nitrogens with one attached hydrogen (secondary N) is 2. The molecule has 0 aliphatic carbocycles. The number of hydrogen-bond acceptors (Lipinski definition) is 4. The summed E-state index contributed by atoms with van der Waals surface area (Å²) in [7, 11) is 0. The summed E-state index contributed by atoms with van der Waals surface area (Å²) in [6, 6.07) is 15.5. The van der Waals surface area contributed by atoms with Crippen LogP contribution < -0.4 is 10.6 Å². The highest BCUT2D eigenvalue weighted by molar-refractivity contribution is 5.64. The van der Waals surface area contributed by atoms with Crippen LogP contribution in [0.2, 0.25) is 0 Å². The van der Waals surface area contributed by atoms with Crippen molar-refractivity contribution in [3.63, 3.8) is 0 Å². The van der Waals surface area contributed by atoms with E-state index in [4.69, 9.17) is 0 Å². The quantitative estimate of drug-likeness (QED) is 0.685. The minimum atomic E-state index is -1.02. The van der Waals surface area contributed by atoms with Crippen LogP contribution in [-0.4, -0.2) is 21.8 Å². The van der Waals surface area contributed by atoms with Gasteiger partial charge in [0.15, 0.2) is 0 Å². The average molecular weight is 324 g/mol. The fraction of sp³-hybridized carbons (Fsp3) is 0.400. The highest BCUT2D eigenvalue weighted by atomic mass is 16.3. The Morgan fingerprint density at radius 3 is 2.08 bits per heavy atom. The molecular formula is C20H24N2O2. The second-order valence-corrected chi connectivity index (χ2v) is 7.67. The van der Waals surface area contributed by atoms with Gasteiger partial charge in [0.05, 0.1) is 11.6 Å². The van der Waals surface area contributed by atoms with Gasteiger partial charge in [0.2, 0.25) is 0 Å². The molecule has 2 aliphatic rings. The maximum atomic E-state index is 11.2. The van der Waals surface area contributed by atoms with E-state index in [1.165, 1.54) is 0 Å². The summed E-state index contributed by atoms with van der Waals surface area (Å²) in [6.45, 7) is 5.72. The summed E-state index contributed by atoms with van der Waals surface area (Å²) >= 11 is 0. The second kappa shape index (κ2) is 4.74.